The fraction of sp³-hybridized carbons (Fsp3) is 0.333. The van der Waals surface area contributed by atoms with Gasteiger partial charge in [0.05, 0.1) is 5.25 Å². The summed E-state index contributed by atoms with van der Waals surface area (Å²) in [5.74, 6) is 2.02. The summed E-state index contributed by atoms with van der Waals surface area (Å²) >= 11 is 0. The molecular weight excluding hydrogens is 139 g/mol. The summed E-state index contributed by atoms with van der Waals surface area (Å²) in [6.07, 6.45) is 0. The fourth-order valence-electron chi connectivity index (χ4n) is 0.129. The zero-order valence-electron chi connectivity index (χ0n) is 5.67. The molecule has 0 unspecified atom stereocenters. The molecular formula is C3H5NaO3S. The summed E-state index contributed by atoms with van der Waals surface area (Å²) in [7, 11) is -4.04. The predicted octanol–water partition coefficient (Wildman–Crippen LogP) is -3.03. The third-order valence-electron chi connectivity index (χ3n) is 0.231. The van der Waals surface area contributed by atoms with Crippen LogP contribution in [0, 0.1) is 11.2 Å². The van der Waals surface area contributed by atoms with Crippen LogP contribution in [-0.2, 0) is 10.1 Å². The molecule has 1 N–H and O–H groups in total. The van der Waals surface area contributed by atoms with Crippen molar-refractivity contribution >= 4 is 10.1 Å². The molecule has 0 aliphatic carbocycles. The van der Waals surface area contributed by atoms with E-state index in [1.165, 1.54) is 6.92 Å². The zero-order valence-corrected chi connectivity index (χ0v) is 7.49. The molecule has 5 heteroatoms. The van der Waals surface area contributed by atoms with Gasteiger partial charge >= 0.3 is 39.7 Å². The molecule has 0 saturated heterocycles. The van der Waals surface area contributed by atoms with E-state index >= 15 is 0 Å². The van der Waals surface area contributed by atoms with Crippen molar-refractivity contribution in [2.75, 3.05) is 0 Å². The minimum atomic E-state index is -4.04. The van der Waals surface area contributed by atoms with E-state index in [2.05, 4.69) is 0 Å². The normalized spacial score (nSPS) is 8.25. The van der Waals surface area contributed by atoms with Gasteiger partial charge < -0.3 is 1.43 Å². The van der Waals surface area contributed by atoms with E-state index in [-0.39, 0.29) is 31.0 Å². The van der Waals surface area contributed by atoms with E-state index in [9.17, 15) is 8.42 Å². The minimum Gasteiger partial charge on any atom is -1.00 e. The Labute approximate surface area is 72.0 Å². The molecule has 0 fully saturated rings. The van der Waals surface area contributed by atoms with Gasteiger partial charge in [0.1, 0.15) is 0 Å². The third-order valence-corrected chi connectivity index (χ3v) is 0.693. The predicted molar refractivity (Wildman–Crippen MR) is 26.1 cm³/mol. The van der Waals surface area contributed by atoms with Crippen LogP contribution >= 0.6 is 0 Å². The first-order valence-corrected chi connectivity index (χ1v) is 2.91. The van der Waals surface area contributed by atoms with E-state index < -0.39 is 10.1 Å². The molecule has 42 valence electrons. The summed E-state index contributed by atoms with van der Waals surface area (Å²) in [6.45, 7) is 1.33. The van der Waals surface area contributed by atoms with Gasteiger partial charge in [-0.2, -0.15) is 8.42 Å². The molecule has 0 aliphatic heterocycles. The Hall–Kier alpha value is 0.470. The van der Waals surface area contributed by atoms with Gasteiger partial charge in [-0.15, -0.1) is 0 Å². The van der Waals surface area contributed by atoms with Crippen molar-refractivity contribution < 1.29 is 44.0 Å². The average Bonchev–Trinajstić information content (AvgIpc) is 1.30. The average molecular weight is 144 g/mol. The monoisotopic (exact) mass is 144 g/mol. The Bertz CT molecular complexity index is 199. The van der Waals surface area contributed by atoms with Crippen LogP contribution in [0.4, 0.5) is 0 Å². The first-order chi connectivity index (χ1) is 3.06. The first kappa shape index (κ1) is 11.3. The van der Waals surface area contributed by atoms with Crippen molar-refractivity contribution in [3.63, 3.8) is 0 Å². The van der Waals surface area contributed by atoms with Crippen molar-refractivity contribution in [1.82, 2.24) is 0 Å². The molecule has 0 aliphatic rings. The van der Waals surface area contributed by atoms with Gasteiger partial charge in [0, 0.05) is 0 Å². The Balaban J connectivity index is -0.000000180. The summed E-state index contributed by atoms with van der Waals surface area (Å²) in [5.41, 5.74) is 0. The molecule has 3 nitrogen and oxygen atoms in total. The third kappa shape index (κ3) is 9.69. The van der Waals surface area contributed by atoms with Crippen molar-refractivity contribution in [2.45, 2.75) is 6.92 Å². The molecule has 0 spiro atoms. The zero-order chi connectivity index (χ0) is 5.91. The Morgan fingerprint density at radius 1 is 1.62 bits per heavy atom. The maximum absolute atomic E-state index is 9.61. The topological polar surface area (TPSA) is 54.4 Å². The van der Waals surface area contributed by atoms with Crippen LogP contribution in [0.25, 0.3) is 0 Å². The minimum absolute atomic E-state index is 0. The molecule has 0 heterocycles. The Kier molecular flexibility index (Phi) is 6.15. The van der Waals surface area contributed by atoms with Gasteiger partial charge in [-0.25, -0.2) is 0 Å². The van der Waals surface area contributed by atoms with E-state index in [1.54, 1.807) is 5.25 Å². The molecule has 0 aromatic heterocycles. The molecule has 0 atom stereocenters. The quantitative estimate of drug-likeness (QED) is 0.223. The van der Waals surface area contributed by atoms with E-state index in [4.69, 9.17) is 4.55 Å². The van der Waals surface area contributed by atoms with Crippen LogP contribution in [0.1, 0.15) is 8.35 Å². The molecule has 0 aromatic carbocycles. The maximum atomic E-state index is 9.61. The van der Waals surface area contributed by atoms with Crippen LogP contribution in [0.2, 0.25) is 0 Å². The molecule has 0 bridgehead atoms. The van der Waals surface area contributed by atoms with Gasteiger partial charge in [-0.1, -0.05) is 5.92 Å². The van der Waals surface area contributed by atoms with Crippen molar-refractivity contribution in [1.29, 1.82) is 0 Å². The largest absolute Gasteiger partial charge is 1.00 e. The Morgan fingerprint density at radius 2 is 2.00 bits per heavy atom. The molecule has 0 radical (unpaired) electrons. The second-order valence-electron chi connectivity index (χ2n) is 0.827. The van der Waals surface area contributed by atoms with E-state index in [0.29, 0.717) is 0 Å². The summed E-state index contributed by atoms with van der Waals surface area (Å²) in [6, 6.07) is 0. The van der Waals surface area contributed by atoms with Gasteiger partial charge in [0.15, 0.2) is 0 Å². The van der Waals surface area contributed by atoms with Crippen molar-refractivity contribution in [3.8, 4) is 11.2 Å². The van der Waals surface area contributed by atoms with E-state index in [1.807, 2.05) is 5.92 Å². The van der Waals surface area contributed by atoms with Crippen LogP contribution < -0.4 is 29.6 Å². The number of rotatable bonds is 0. The molecule has 0 amide bonds. The fourth-order valence-corrected chi connectivity index (χ4v) is 0.387. The molecule has 8 heavy (non-hydrogen) atoms. The smallest absolute Gasteiger partial charge is 1.00 e. The molecule has 0 saturated carbocycles. The van der Waals surface area contributed by atoms with Gasteiger partial charge in [0.2, 0.25) is 0 Å². The summed E-state index contributed by atoms with van der Waals surface area (Å²) in [5, 5.41) is 1.56. The van der Waals surface area contributed by atoms with Crippen molar-refractivity contribution in [2.24, 2.45) is 0 Å². The first-order valence-electron chi connectivity index (χ1n) is 1.47. The van der Waals surface area contributed by atoms with Gasteiger partial charge in [-0.05, 0) is 6.92 Å². The van der Waals surface area contributed by atoms with Gasteiger partial charge in [0.25, 0.3) is 0 Å². The second kappa shape index (κ2) is 4.36. The molecule has 0 rings (SSSR count). The Morgan fingerprint density at radius 3 is 2.00 bits per heavy atom. The SMILES string of the molecule is CC#CS(=O)(=O)O.[H-].[Na+]. The number of hydrogen-bond donors (Lipinski definition) is 1. The van der Waals surface area contributed by atoms with Crippen LogP contribution in [-0.4, -0.2) is 13.0 Å². The number of hydrogen-bond acceptors (Lipinski definition) is 2. The maximum Gasteiger partial charge on any atom is 1.00 e. The van der Waals surface area contributed by atoms with Crippen LogP contribution in [0.5, 0.6) is 0 Å². The molecule has 0 aromatic rings. The van der Waals surface area contributed by atoms with Gasteiger partial charge in [-0.3, -0.25) is 4.55 Å². The summed E-state index contributed by atoms with van der Waals surface area (Å²) < 4.78 is 27.0. The van der Waals surface area contributed by atoms with E-state index in [0.717, 1.165) is 0 Å². The van der Waals surface area contributed by atoms with Crippen LogP contribution in [0.3, 0.4) is 0 Å². The summed E-state index contributed by atoms with van der Waals surface area (Å²) in [4.78, 5) is 0. The second-order valence-corrected chi connectivity index (χ2v) is 1.98. The van der Waals surface area contributed by atoms with Crippen LogP contribution in [0.15, 0.2) is 0 Å². The standard InChI is InChI=1S/C3H4O3S.Na.H/c1-2-3-7(4,5)6;;/h1H3,(H,4,5,6);;/q;+1;-1. The van der Waals surface area contributed by atoms with Crippen molar-refractivity contribution in [3.05, 3.63) is 0 Å².